The molecule has 0 saturated heterocycles. The highest BCUT2D eigenvalue weighted by molar-refractivity contribution is 7.89. The van der Waals surface area contributed by atoms with E-state index in [2.05, 4.69) is 14.8 Å². The SMILES string of the molecule is O=C(CCNS(=O)(=O)c1ccc2c(c1)OCCCO2)Nc1ccccc1OC(F)F. The molecule has 2 aromatic carbocycles. The van der Waals surface area contributed by atoms with Crippen molar-refractivity contribution in [2.24, 2.45) is 0 Å². The van der Waals surface area contributed by atoms with Crippen LogP contribution in [0.4, 0.5) is 14.5 Å². The van der Waals surface area contributed by atoms with E-state index in [1.54, 1.807) is 6.07 Å². The number of alkyl halides is 2. The second kappa shape index (κ2) is 9.72. The van der Waals surface area contributed by atoms with Crippen molar-refractivity contribution in [1.29, 1.82) is 0 Å². The van der Waals surface area contributed by atoms with Crippen LogP contribution < -0.4 is 24.2 Å². The first-order chi connectivity index (χ1) is 14.3. The maximum Gasteiger partial charge on any atom is 0.387 e. The van der Waals surface area contributed by atoms with Crippen molar-refractivity contribution in [2.75, 3.05) is 25.1 Å². The van der Waals surface area contributed by atoms with Crippen molar-refractivity contribution in [3.8, 4) is 17.2 Å². The number of anilines is 1. The van der Waals surface area contributed by atoms with Crippen molar-refractivity contribution in [1.82, 2.24) is 4.72 Å². The van der Waals surface area contributed by atoms with E-state index in [1.807, 2.05) is 0 Å². The van der Waals surface area contributed by atoms with Crippen LogP contribution in [-0.2, 0) is 14.8 Å². The first-order valence-electron chi connectivity index (χ1n) is 9.08. The number of para-hydroxylation sites is 2. The molecule has 2 N–H and O–H groups in total. The average molecular weight is 442 g/mol. The number of ether oxygens (including phenoxy) is 3. The standard InChI is InChI=1S/C19H20F2N2O6S/c20-19(21)29-15-5-2-1-4-14(15)23-18(24)8-9-22-30(25,26)13-6-7-16-17(12-13)28-11-3-10-27-16/h1-2,4-7,12,19,22H,3,8-11H2,(H,23,24). The Labute approximate surface area is 172 Å². The molecule has 0 bridgehead atoms. The van der Waals surface area contributed by atoms with E-state index >= 15 is 0 Å². The summed E-state index contributed by atoms with van der Waals surface area (Å²) in [5, 5.41) is 2.42. The van der Waals surface area contributed by atoms with Crippen molar-refractivity contribution in [2.45, 2.75) is 24.3 Å². The van der Waals surface area contributed by atoms with E-state index in [0.29, 0.717) is 31.1 Å². The first kappa shape index (κ1) is 21.8. The summed E-state index contributed by atoms with van der Waals surface area (Å²) in [6.45, 7) is -2.33. The third-order valence-electron chi connectivity index (χ3n) is 4.05. The van der Waals surface area contributed by atoms with Gasteiger partial charge in [-0.25, -0.2) is 13.1 Å². The molecule has 11 heteroatoms. The zero-order valence-electron chi connectivity index (χ0n) is 15.8. The van der Waals surface area contributed by atoms with Crippen LogP contribution in [0.15, 0.2) is 47.4 Å². The molecule has 1 heterocycles. The Hall–Kier alpha value is -2.92. The van der Waals surface area contributed by atoms with E-state index in [1.165, 1.54) is 36.4 Å². The summed E-state index contributed by atoms with van der Waals surface area (Å²) < 4.78 is 67.4. The Morgan fingerprint density at radius 3 is 2.60 bits per heavy atom. The number of hydrogen-bond donors (Lipinski definition) is 2. The molecule has 0 aromatic heterocycles. The molecule has 8 nitrogen and oxygen atoms in total. The Morgan fingerprint density at radius 2 is 1.83 bits per heavy atom. The van der Waals surface area contributed by atoms with Gasteiger partial charge < -0.3 is 19.5 Å². The summed E-state index contributed by atoms with van der Waals surface area (Å²) in [5.41, 5.74) is 0.0635. The molecule has 1 amide bonds. The Morgan fingerprint density at radius 1 is 1.10 bits per heavy atom. The normalized spacial score (nSPS) is 13.6. The van der Waals surface area contributed by atoms with Gasteiger partial charge in [-0.15, -0.1) is 0 Å². The first-order valence-corrected chi connectivity index (χ1v) is 10.6. The minimum atomic E-state index is -3.89. The van der Waals surface area contributed by atoms with Crippen LogP contribution in [0.1, 0.15) is 12.8 Å². The zero-order valence-corrected chi connectivity index (χ0v) is 16.6. The largest absolute Gasteiger partial charge is 0.490 e. The molecule has 2 aromatic rings. The molecule has 0 atom stereocenters. The van der Waals surface area contributed by atoms with Gasteiger partial charge in [0.05, 0.1) is 23.8 Å². The minimum Gasteiger partial charge on any atom is -0.490 e. The van der Waals surface area contributed by atoms with Crippen LogP contribution in [0.25, 0.3) is 0 Å². The third kappa shape index (κ3) is 5.80. The molecular weight excluding hydrogens is 422 g/mol. The maximum absolute atomic E-state index is 12.5. The van der Waals surface area contributed by atoms with Crippen molar-refractivity contribution in [3.05, 3.63) is 42.5 Å². The summed E-state index contributed by atoms with van der Waals surface area (Å²) in [7, 11) is -3.89. The molecular formula is C19H20F2N2O6S. The number of halogens is 2. The van der Waals surface area contributed by atoms with Crippen molar-refractivity contribution in [3.63, 3.8) is 0 Å². The monoisotopic (exact) mass is 442 g/mol. The van der Waals surface area contributed by atoms with Gasteiger partial charge in [0.1, 0.15) is 5.75 Å². The molecule has 3 rings (SSSR count). The lowest BCUT2D eigenvalue weighted by molar-refractivity contribution is -0.116. The molecule has 1 aliphatic rings. The van der Waals surface area contributed by atoms with Gasteiger partial charge >= 0.3 is 6.61 Å². The fourth-order valence-electron chi connectivity index (χ4n) is 2.67. The number of nitrogens with one attached hydrogen (secondary N) is 2. The van der Waals surface area contributed by atoms with Crippen LogP contribution >= 0.6 is 0 Å². The second-order valence-electron chi connectivity index (χ2n) is 6.23. The number of fused-ring (bicyclic) bond motifs is 1. The maximum atomic E-state index is 12.5. The predicted octanol–water partition coefficient (Wildman–Crippen LogP) is 2.76. The number of rotatable bonds is 8. The van der Waals surface area contributed by atoms with Crippen LogP contribution in [0.2, 0.25) is 0 Å². The van der Waals surface area contributed by atoms with Crippen LogP contribution in [0, 0.1) is 0 Å². The summed E-state index contributed by atoms with van der Waals surface area (Å²) >= 11 is 0. The summed E-state index contributed by atoms with van der Waals surface area (Å²) in [5.74, 6) is 0.0505. The van der Waals surface area contributed by atoms with Gasteiger partial charge in [-0.1, -0.05) is 12.1 Å². The molecule has 0 aliphatic carbocycles. The van der Waals surface area contributed by atoms with Gasteiger partial charge in [0.15, 0.2) is 11.5 Å². The van der Waals surface area contributed by atoms with Crippen LogP contribution in [0.3, 0.4) is 0 Å². The molecule has 0 saturated carbocycles. The molecule has 0 fully saturated rings. The average Bonchev–Trinajstić information content (AvgIpc) is 2.94. The number of benzene rings is 2. The van der Waals surface area contributed by atoms with E-state index in [-0.39, 0.29) is 29.3 Å². The number of carbonyl (C=O) groups excluding carboxylic acids is 1. The molecule has 0 unspecified atom stereocenters. The van der Waals surface area contributed by atoms with Crippen LogP contribution in [-0.4, -0.2) is 40.7 Å². The fraction of sp³-hybridized carbons (Fsp3) is 0.316. The van der Waals surface area contributed by atoms with Crippen molar-refractivity contribution < 1.29 is 36.2 Å². The Balaban J connectivity index is 1.57. The van der Waals surface area contributed by atoms with Gasteiger partial charge in [0.25, 0.3) is 0 Å². The van der Waals surface area contributed by atoms with E-state index in [4.69, 9.17) is 9.47 Å². The van der Waals surface area contributed by atoms with Crippen LogP contribution in [0.5, 0.6) is 17.2 Å². The summed E-state index contributed by atoms with van der Waals surface area (Å²) in [4.78, 5) is 12.1. The predicted molar refractivity (Wildman–Crippen MR) is 104 cm³/mol. The quantitative estimate of drug-likeness (QED) is 0.652. The van der Waals surface area contributed by atoms with E-state index in [0.717, 1.165) is 0 Å². The topological polar surface area (TPSA) is 103 Å². The number of amides is 1. The molecule has 162 valence electrons. The summed E-state index contributed by atoms with van der Waals surface area (Å²) in [6, 6.07) is 9.97. The highest BCUT2D eigenvalue weighted by Gasteiger charge is 2.19. The zero-order chi connectivity index (χ0) is 21.6. The van der Waals surface area contributed by atoms with Crippen molar-refractivity contribution >= 4 is 21.6 Å². The number of sulfonamides is 1. The number of hydrogen-bond acceptors (Lipinski definition) is 6. The Bertz CT molecular complexity index is 1000. The molecule has 1 aliphatic heterocycles. The molecule has 0 spiro atoms. The van der Waals surface area contributed by atoms with E-state index in [9.17, 15) is 22.0 Å². The minimum absolute atomic E-state index is 0.0252. The van der Waals surface area contributed by atoms with Gasteiger partial charge in [-0.2, -0.15) is 8.78 Å². The second-order valence-corrected chi connectivity index (χ2v) is 8.00. The highest BCUT2D eigenvalue weighted by atomic mass is 32.2. The third-order valence-corrected chi connectivity index (χ3v) is 5.51. The number of carbonyl (C=O) groups is 1. The van der Waals surface area contributed by atoms with Gasteiger partial charge in [0.2, 0.25) is 15.9 Å². The lowest BCUT2D eigenvalue weighted by Gasteiger charge is -2.12. The summed E-state index contributed by atoms with van der Waals surface area (Å²) in [6.07, 6.45) is 0.475. The highest BCUT2D eigenvalue weighted by Crippen LogP contribution is 2.31. The molecule has 0 radical (unpaired) electrons. The lowest BCUT2D eigenvalue weighted by Crippen LogP contribution is -2.28. The van der Waals surface area contributed by atoms with Gasteiger partial charge in [-0.3, -0.25) is 4.79 Å². The van der Waals surface area contributed by atoms with E-state index < -0.39 is 22.5 Å². The fourth-order valence-corrected chi connectivity index (χ4v) is 3.72. The smallest absolute Gasteiger partial charge is 0.387 e. The lowest BCUT2D eigenvalue weighted by atomic mass is 10.3. The van der Waals surface area contributed by atoms with Gasteiger partial charge in [0, 0.05) is 25.5 Å². The molecule has 30 heavy (non-hydrogen) atoms. The van der Waals surface area contributed by atoms with Gasteiger partial charge in [-0.05, 0) is 24.3 Å². The Kier molecular flexibility index (Phi) is 7.06.